The second kappa shape index (κ2) is 4.57. The minimum absolute atomic E-state index is 0.0455. The minimum atomic E-state index is 0.0455. The number of carbonyl (C=O) groups excluding carboxylic acids is 1. The molecule has 0 radical (unpaired) electrons. The number of halogens is 1. The number of nitrogens with zero attached hydrogens (tertiary/aromatic N) is 2. The molecule has 0 saturated heterocycles. The van der Waals surface area contributed by atoms with Gasteiger partial charge in [0.25, 0.3) is 0 Å². The van der Waals surface area contributed by atoms with Crippen LogP contribution in [-0.2, 0) is 4.79 Å². The Balaban J connectivity index is 1.96. The summed E-state index contributed by atoms with van der Waals surface area (Å²) in [4.78, 5) is 11.7. The molecular formula is C10H12ClN3O. The van der Waals surface area contributed by atoms with Gasteiger partial charge in [0.2, 0.25) is 5.91 Å². The first kappa shape index (κ1) is 10.4. The van der Waals surface area contributed by atoms with Crippen LogP contribution >= 0.6 is 11.6 Å². The fraction of sp³-hybridized carbons (Fsp3) is 0.500. The van der Waals surface area contributed by atoms with Crippen molar-refractivity contribution in [3.05, 3.63) is 17.3 Å². The average Bonchev–Trinajstić information content (AvgIpc) is 2.74. The van der Waals surface area contributed by atoms with Gasteiger partial charge < -0.3 is 5.32 Å². The number of carbonyl (C=O) groups is 1. The molecule has 1 aromatic heterocycles. The molecule has 1 saturated carbocycles. The van der Waals surface area contributed by atoms with Crippen molar-refractivity contribution in [3.8, 4) is 0 Å². The van der Waals surface area contributed by atoms with Gasteiger partial charge in [-0.05, 0) is 25.0 Å². The quantitative estimate of drug-likeness (QED) is 0.840. The lowest BCUT2D eigenvalue weighted by molar-refractivity contribution is -0.119. The van der Waals surface area contributed by atoms with Crippen molar-refractivity contribution in [3.63, 3.8) is 0 Å². The van der Waals surface area contributed by atoms with Crippen LogP contribution in [0, 0.1) is 5.92 Å². The third kappa shape index (κ3) is 2.65. The summed E-state index contributed by atoms with van der Waals surface area (Å²) in [6.07, 6.45) is 4.24. The van der Waals surface area contributed by atoms with Crippen LogP contribution in [0.3, 0.4) is 0 Å². The fourth-order valence-electron chi connectivity index (χ4n) is 1.80. The monoisotopic (exact) mass is 225 g/mol. The largest absolute Gasteiger partial charge is 0.309 e. The zero-order valence-corrected chi connectivity index (χ0v) is 9.00. The van der Waals surface area contributed by atoms with Gasteiger partial charge in [-0.2, -0.15) is 0 Å². The maximum Gasteiger partial charge on any atom is 0.228 e. The molecule has 1 aliphatic carbocycles. The zero-order valence-electron chi connectivity index (χ0n) is 8.24. The standard InChI is InChI=1S/C10H12ClN3O/c11-8-5-6-9(14-13-8)12-10(15)7-3-1-2-4-7/h5-7H,1-4H2,(H,12,14,15). The Morgan fingerprint density at radius 2 is 2.07 bits per heavy atom. The number of hydrogen-bond acceptors (Lipinski definition) is 3. The van der Waals surface area contributed by atoms with Gasteiger partial charge in [-0.3, -0.25) is 4.79 Å². The summed E-state index contributed by atoms with van der Waals surface area (Å²) in [5.74, 6) is 0.655. The zero-order chi connectivity index (χ0) is 10.7. The molecule has 2 rings (SSSR count). The van der Waals surface area contributed by atoms with Gasteiger partial charge in [0.1, 0.15) is 0 Å². The molecule has 1 fully saturated rings. The summed E-state index contributed by atoms with van der Waals surface area (Å²) in [6, 6.07) is 3.26. The summed E-state index contributed by atoms with van der Waals surface area (Å²) in [6.45, 7) is 0. The normalized spacial score (nSPS) is 16.6. The first-order valence-corrected chi connectivity index (χ1v) is 5.43. The Labute approximate surface area is 93.0 Å². The van der Waals surface area contributed by atoms with Crippen LogP contribution in [0.2, 0.25) is 5.15 Å². The number of amides is 1. The Morgan fingerprint density at radius 3 is 2.67 bits per heavy atom. The van der Waals surface area contributed by atoms with Crippen LogP contribution in [0.15, 0.2) is 12.1 Å². The van der Waals surface area contributed by atoms with Gasteiger partial charge >= 0.3 is 0 Å². The van der Waals surface area contributed by atoms with E-state index in [4.69, 9.17) is 11.6 Å². The first-order valence-electron chi connectivity index (χ1n) is 5.06. The number of rotatable bonds is 2. The van der Waals surface area contributed by atoms with Crippen molar-refractivity contribution in [1.82, 2.24) is 10.2 Å². The van der Waals surface area contributed by atoms with Crippen molar-refractivity contribution in [1.29, 1.82) is 0 Å². The van der Waals surface area contributed by atoms with E-state index in [0.717, 1.165) is 25.7 Å². The van der Waals surface area contributed by atoms with Gasteiger partial charge in [0.05, 0.1) is 0 Å². The van der Waals surface area contributed by atoms with Gasteiger partial charge in [-0.15, -0.1) is 10.2 Å². The van der Waals surface area contributed by atoms with Crippen LogP contribution in [0.25, 0.3) is 0 Å². The topological polar surface area (TPSA) is 54.9 Å². The molecule has 80 valence electrons. The van der Waals surface area contributed by atoms with E-state index in [1.165, 1.54) is 0 Å². The van der Waals surface area contributed by atoms with Gasteiger partial charge in [-0.25, -0.2) is 0 Å². The molecule has 15 heavy (non-hydrogen) atoms. The Morgan fingerprint density at radius 1 is 1.33 bits per heavy atom. The highest BCUT2D eigenvalue weighted by Gasteiger charge is 2.22. The summed E-state index contributed by atoms with van der Waals surface area (Å²) < 4.78 is 0. The van der Waals surface area contributed by atoms with E-state index in [2.05, 4.69) is 15.5 Å². The lowest BCUT2D eigenvalue weighted by Crippen LogP contribution is -2.21. The predicted octanol–water partition coefficient (Wildman–Crippen LogP) is 2.26. The maximum atomic E-state index is 11.7. The third-order valence-electron chi connectivity index (χ3n) is 2.61. The molecule has 1 aliphatic rings. The minimum Gasteiger partial charge on any atom is -0.309 e. The van der Waals surface area contributed by atoms with Gasteiger partial charge in [-0.1, -0.05) is 24.4 Å². The van der Waals surface area contributed by atoms with Crippen molar-refractivity contribution in [2.45, 2.75) is 25.7 Å². The Bertz CT molecular complexity index is 346. The number of anilines is 1. The van der Waals surface area contributed by atoms with Crippen LogP contribution in [0.1, 0.15) is 25.7 Å². The Kier molecular flexibility index (Phi) is 3.16. The molecule has 5 heteroatoms. The van der Waals surface area contributed by atoms with Crippen molar-refractivity contribution in [2.75, 3.05) is 5.32 Å². The number of nitrogens with one attached hydrogen (secondary N) is 1. The molecular weight excluding hydrogens is 214 g/mol. The smallest absolute Gasteiger partial charge is 0.228 e. The van der Waals surface area contributed by atoms with Gasteiger partial charge in [0, 0.05) is 5.92 Å². The second-order valence-corrected chi connectivity index (χ2v) is 4.10. The van der Waals surface area contributed by atoms with E-state index in [1.54, 1.807) is 12.1 Å². The lowest BCUT2D eigenvalue weighted by atomic mass is 10.1. The van der Waals surface area contributed by atoms with Crippen LogP contribution in [0.5, 0.6) is 0 Å². The van der Waals surface area contributed by atoms with Crippen molar-refractivity contribution >= 4 is 23.3 Å². The highest BCUT2D eigenvalue weighted by atomic mass is 35.5. The average molecular weight is 226 g/mol. The van der Waals surface area contributed by atoms with Crippen LogP contribution < -0.4 is 5.32 Å². The molecule has 0 aliphatic heterocycles. The summed E-state index contributed by atoms with van der Waals surface area (Å²) in [5.41, 5.74) is 0. The molecule has 1 heterocycles. The Hall–Kier alpha value is -1.16. The van der Waals surface area contributed by atoms with Crippen LogP contribution in [0.4, 0.5) is 5.82 Å². The van der Waals surface area contributed by atoms with E-state index in [-0.39, 0.29) is 11.8 Å². The molecule has 0 bridgehead atoms. The summed E-state index contributed by atoms with van der Waals surface area (Å²) in [7, 11) is 0. The molecule has 1 aromatic rings. The predicted molar refractivity (Wildman–Crippen MR) is 57.6 cm³/mol. The van der Waals surface area contributed by atoms with E-state index in [1.807, 2.05) is 0 Å². The molecule has 0 spiro atoms. The first-order chi connectivity index (χ1) is 7.25. The third-order valence-corrected chi connectivity index (χ3v) is 2.81. The second-order valence-electron chi connectivity index (χ2n) is 3.71. The van der Waals surface area contributed by atoms with Crippen molar-refractivity contribution < 1.29 is 4.79 Å². The number of aromatic nitrogens is 2. The number of hydrogen-bond donors (Lipinski definition) is 1. The SMILES string of the molecule is O=C(Nc1ccc(Cl)nn1)C1CCCC1. The molecule has 4 nitrogen and oxygen atoms in total. The maximum absolute atomic E-state index is 11.7. The lowest BCUT2D eigenvalue weighted by Gasteiger charge is -2.08. The highest BCUT2D eigenvalue weighted by molar-refractivity contribution is 6.29. The van der Waals surface area contributed by atoms with Crippen molar-refractivity contribution in [2.24, 2.45) is 5.92 Å². The van der Waals surface area contributed by atoms with Gasteiger partial charge in [0.15, 0.2) is 11.0 Å². The molecule has 0 atom stereocenters. The highest BCUT2D eigenvalue weighted by Crippen LogP contribution is 2.25. The fourth-order valence-corrected chi connectivity index (χ4v) is 1.90. The van der Waals surface area contributed by atoms with Crippen LogP contribution in [-0.4, -0.2) is 16.1 Å². The summed E-state index contributed by atoms with van der Waals surface area (Å²) >= 11 is 5.59. The molecule has 1 amide bonds. The van der Waals surface area contributed by atoms with E-state index < -0.39 is 0 Å². The molecule has 1 N–H and O–H groups in total. The summed E-state index contributed by atoms with van der Waals surface area (Å²) in [5, 5.41) is 10.5. The van der Waals surface area contributed by atoms with E-state index in [9.17, 15) is 4.79 Å². The van der Waals surface area contributed by atoms with E-state index in [0.29, 0.717) is 11.0 Å². The molecule has 0 aromatic carbocycles. The van der Waals surface area contributed by atoms with E-state index >= 15 is 0 Å². The molecule has 0 unspecified atom stereocenters.